The van der Waals surface area contributed by atoms with Gasteiger partial charge in [-0.3, -0.25) is 24.1 Å². The van der Waals surface area contributed by atoms with Crippen LogP contribution >= 0.6 is 0 Å². The number of benzene rings is 4. The van der Waals surface area contributed by atoms with Crippen LogP contribution in [-0.4, -0.2) is 43.5 Å². The molecule has 4 atom stereocenters. The Bertz CT molecular complexity index is 2430. The van der Waals surface area contributed by atoms with E-state index in [4.69, 9.17) is 9.98 Å². The smallest absolute Gasteiger partial charge is 0.268 e. The lowest BCUT2D eigenvalue weighted by Crippen LogP contribution is -2.45. The van der Waals surface area contributed by atoms with Gasteiger partial charge in [-0.05, 0) is 49.9 Å². The lowest BCUT2D eigenvalue weighted by atomic mass is 9.85. The highest BCUT2D eigenvalue weighted by atomic mass is 16.3. The van der Waals surface area contributed by atoms with Gasteiger partial charge in [-0.25, -0.2) is 4.57 Å². The molecule has 10 heteroatoms. The van der Waals surface area contributed by atoms with Gasteiger partial charge in [0.05, 0.1) is 67.1 Å². The number of nitrogens with one attached hydrogen (secondary N) is 2. The molecule has 0 amide bonds. The number of rotatable bonds is 2. The van der Waals surface area contributed by atoms with Gasteiger partial charge in [0.2, 0.25) is 11.8 Å². The summed E-state index contributed by atoms with van der Waals surface area (Å²) in [5.41, 5.74) is 1.16. The topological polar surface area (TPSA) is 133 Å². The zero-order chi connectivity index (χ0) is 32.3. The van der Waals surface area contributed by atoms with Crippen LogP contribution in [0.1, 0.15) is 51.4 Å². The number of nitrogens with zero attached hydrogens (tertiary/aromatic N) is 4. The molecule has 0 bridgehead atoms. The number of anilines is 2. The Labute approximate surface area is 274 Å². The molecule has 6 aromatic rings. The molecule has 4 aromatic carbocycles. The molecule has 0 radical (unpaired) electrons. The predicted octanol–water partition coefficient (Wildman–Crippen LogP) is 5.01. The van der Waals surface area contributed by atoms with E-state index in [0.717, 1.165) is 51.4 Å². The van der Waals surface area contributed by atoms with E-state index in [-0.39, 0.29) is 35.9 Å². The summed E-state index contributed by atoms with van der Waals surface area (Å²) in [7, 11) is 0. The summed E-state index contributed by atoms with van der Waals surface area (Å²) in [6.07, 6.45) is 7.78. The summed E-state index contributed by atoms with van der Waals surface area (Å²) in [5.74, 6) is -0.409. The number of aromatic nitrogens is 2. The van der Waals surface area contributed by atoms with Crippen LogP contribution in [0.4, 0.5) is 11.4 Å². The van der Waals surface area contributed by atoms with Crippen molar-refractivity contribution in [2.45, 2.75) is 75.5 Å². The van der Waals surface area contributed by atoms with Gasteiger partial charge in [0.15, 0.2) is 0 Å². The molecular weight excluding hydrogens is 604 g/mol. The summed E-state index contributed by atoms with van der Waals surface area (Å²) >= 11 is 0. The van der Waals surface area contributed by atoms with Gasteiger partial charge in [-0.15, -0.1) is 0 Å². The van der Waals surface area contributed by atoms with Crippen LogP contribution < -0.4 is 32.5 Å². The monoisotopic (exact) mass is 638 g/mol. The normalized spacial score (nSPS) is 22.9. The summed E-state index contributed by atoms with van der Waals surface area (Å²) in [6.45, 7) is 0. The number of hydrogen-bond acceptors (Lipinski definition) is 8. The van der Waals surface area contributed by atoms with Crippen molar-refractivity contribution in [3.63, 3.8) is 0 Å². The molecule has 240 valence electrons. The number of para-hydroxylation sites is 2. The fraction of sp³-hybridized carbons (Fsp3) is 0.316. The highest BCUT2D eigenvalue weighted by Gasteiger charge is 2.37. The maximum Gasteiger partial charge on any atom is 0.268 e. The number of fused-ring (bicyclic) bond motifs is 8. The Morgan fingerprint density at radius 3 is 1.44 bits per heavy atom. The van der Waals surface area contributed by atoms with E-state index >= 15 is 0 Å². The van der Waals surface area contributed by atoms with Crippen molar-refractivity contribution in [1.29, 1.82) is 0 Å². The zero-order valence-electron chi connectivity index (χ0n) is 26.2. The van der Waals surface area contributed by atoms with E-state index in [0.29, 0.717) is 65.8 Å². The minimum absolute atomic E-state index is 0.0235. The molecule has 4 unspecified atom stereocenters. The minimum Gasteiger partial charge on any atom is -0.494 e. The number of pyridine rings is 2. The standard InChI is InChI=1S/C38H34N6O4/c45-35-27-25-26-29(33-31(27)39-21-15-7-9-17-23(21)41-33)37(47)44(20-13-5-2-6-14-20)38(48)30(26)34-32(40-22-16-8-10-18-24(22)42-34)28(25)36(46)43(35)19-11-3-1-4-12-19/h1-6,11-14,21-24,39-40,47-48H,7-10,15-18H2. The molecule has 4 N–H and O–H groups in total. The first kappa shape index (κ1) is 27.7. The Hall–Kier alpha value is -5.38. The Morgan fingerprint density at radius 1 is 0.542 bits per heavy atom. The van der Waals surface area contributed by atoms with Crippen LogP contribution in [-0.2, 0) is 0 Å². The summed E-state index contributed by atoms with van der Waals surface area (Å²) in [4.78, 5) is 40.3. The third kappa shape index (κ3) is 3.63. The van der Waals surface area contributed by atoms with E-state index < -0.39 is 11.1 Å². The Morgan fingerprint density at radius 2 is 0.958 bits per heavy atom. The largest absolute Gasteiger partial charge is 0.494 e. The maximum absolute atomic E-state index is 14.9. The zero-order valence-corrected chi connectivity index (χ0v) is 26.2. The lowest BCUT2D eigenvalue weighted by molar-refractivity contribution is 0.389. The molecule has 2 fully saturated rings. The average Bonchev–Trinajstić information content (AvgIpc) is 3.11. The van der Waals surface area contributed by atoms with Gasteiger partial charge in [-0.2, -0.15) is 0 Å². The fourth-order valence-corrected chi connectivity index (χ4v) is 8.97. The van der Waals surface area contributed by atoms with Crippen molar-refractivity contribution in [1.82, 2.24) is 9.13 Å². The molecule has 10 rings (SSSR count). The van der Waals surface area contributed by atoms with E-state index in [1.807, 2.05) is 48.5 Å². The molecule has 0 spiro atoms. The van der Waals surface area contributed by atoms with Crippen LogP contribution in [0.3, 0.4) is 0 Å². The van der Waals surface area contributed by atoms with Crippen LogP contribution in [0.5, 0.6) is 11.8 Å². The summed E-state index contributed by atoms with van der Waals surface area (Å²) in [5, 5.41) is 35.3. The van der Waals surface area contributed by atoms with Crippen molar-refractivity contribution >= 4 is 43.7 Å². The molecule has 2 aliphatic carbocycles. The molecule has 2 saturated carbocycles. The van der Waals surface area contributed by atoms with Crippen LogP contribution in [0.2, 0.25) is 0 Å². The second kappa shape index (κ2) is 10.1. The second-order valence-corrected chi connectivity index (χ2v) is 13.8. The highest BCUT2D eigenvalue weighted by molar-refractivity contribution is 6.29. The second-order valence-electron chi connectivity index (χ2n) is 13.8. The van der Waals surface area contributed by atoms with Crippen molar-refractivity contribution in [3.05, 3.63) is 92.1 Å². The molecule has 4 aliphatic rings. The minimum atomic E-state index is -0.461. The molecule has 10 nitrogen and oxygen atoms in total. The molecule has 0 saturated heterocycles. The van der Waals surface area contributed by atoms with Crippen LogP contribution in [0, 0.1) is 0 Å². The average molecular weight is 639 g/mol. The molecule has 2 aromatic heterocycles. The Balaban J connectivity index is 1.51. The van der Waals surface area contributed by atoms with Crippen molar-refractivity contribution in [3.8, 4) is 23.1 Å². The molecule has 4 heterocycles. The van der Waals surface area contributed by atoms with Gasteiger partial charge in [0.1, 0.15) is 0 Å². The number of aromatic hydroxyl groups is 2. The highest BCUT2D eigenvalue weighted by Crippen LogP contribution is 2.45. The van der Waals surface area contributed by atoms with Gasteiger partial charge in [-0.1, -0.05) is 62.1 Å². The van der Waals surface area contributed by atoms with Gasteiger partial charge in [0.25, 0.3) is 11.1 Å². The van der Waals surface area contributed by atoms with E-state index in [9.17, 15) is 19.8 Å². The SMILES string of the molecule is O=c1c2c3c(c4c(O)n(-c5ccccc5)c(O)c5c6c(c(c(=O)n1-c1ccccc1)c2c45)NC1CCCCC1N=6)=NC1CCCCC1N3. The first-order valence-corrected chi connectivity index (χ1v) is 17.1. The van der Waals surface area contributed by atoms with Crippen LogP contribution in [0.25, 0.3) is 43.7 Å². The lowest BCUT2D eigenvalue weighted by Gasteiger charge is -2.36. The van der Waals surface area contributed by atoms with Crippen molar-refractivity contribution in [2.24, 2.45) is 9.98 Å². The summed E-state index contributed by atoms with van der Waals surface area (Å²) < 4.78 is 2.70. The van der Waals surface area contributed by atoms with E-state index in [2.05, 4.69) is 10.6 Å². The summed E-state index contributed by atoms with van der Waals surface area (Å²) in [6, 6.07) is 18.2. The molecular formula is C38H34N6O4. The van der Waals surface area contributed by atoms with Gasteiger partial charge in [0, 0.05) is 22.9 Å². The third-order valence-electron chi connectivity index (χ3n) is 11.1. The fourth-order valence-electron chi connectivity index (χ4n) is 8.97. The van der Waals surface area contributed by atoms with E-state index in [1.165, 1.54) is 9.13 Å². The quantitative estimate of drug-likeness (QED) is 0.197. The number of hydrogen-bond donors (Lipinski definition) is 4. The van der Waals surface area contributed by atoms with Gasteiger partial charge >= 0.3 is 0 Å². The molecule has 2 aliphatic heterocycles. The first-order chi connectivity index (χ1) is 23.5. The van der Waals surface area contributed by atoms with E-state index in [1.54, 1.807) is 12.1 Å². The molecule has 48 heavy (non-hydrogen) atoms. The Kier molecular flexibility index (Phi) is 5.81. The van der Waals surface area contributed by atoms with Crippen LogP contribution in [0.15, 0.2) is 80.2 Å². The predicted molar refractivity (Wildman–Crippen MR) is 186 cm³/mol. The van der Waals surface area contributed by atoms with Crippen molar-refractivity contribution < 1.29 is 10.2 Å². The maximum atomic E-state index is 14.9. The van der Waals surface area contributed by atoms with Crippen molar-refractivity contribution in [2.75, 3.05) is 10.6 Å². The third-order valence-corrected chi connectivity index (χ3v) is 11.1. The van der Waals surface area contributed by atoms with Gasteiger partial charge < -0.3 is 20.8 Å². The first-order valence-electron chi connectivity index (χ1n) is 17.1.